The lowest BCUT2D eigenvalue weighted by Gasteiger charge is -2.11. The van der Waals surface area contributed by atoms with Crippen molar-refractivity contribution in [2.75, 3.05) is 13.2 Å². The molecule has 0 aromatic heterocycles. The summed E-state index contributed by atoms with van der Waals surface area (Å²) < 4.78 is 9.09. The minimum absolute atomic E-state index is 0.125. The Morgan fingerprint density at radius 3 is 2.20 bits per heavy atom. The molecule has 88 valence electrons. The van der Waals surface area contributed by atoms with Crippen LogP contribution in [0.1, 0.15) is 20.3 Å². The van der Waals surface area contributed by atoms with E-state index in [9.17, 15) is 9.59 Å². The molecule has 1 unspecified atom stereocenters. The molecule has 0 saturated heterocycles. The predicted octanol–water partition coefficient (Wildman–Crippen LogP) is -0.776. The number of aliphatic hydroxyl groups excluding tert-OH is 2. The summed E-state index contributed by atoms with van der Waals surface area (Å²) in [6.45, 7) is 2.21. The van der Waals surface area contributed by atoms with Gasteiger partial charge in [0.05, 0.1) is 12.5 Å². The number of aliphatic hydroxyl groups is 2. The lowest BCUT2D eigenvalue weighted by molar-refractivity contribution is -0.152. The molecule has 0 spiro atoms. The SMILES string of the molecule is CC(=O)OCC(O)COC(=O)C[C@@H](C)O. The molecule has 0 rings (SSSR count). The topological polar surface area (TPSA) is 93.1 Å². The number of esters is 2. The Bertz CT molecular complexity index is 213. The third kappa shape index (κ3) is 9.17. The van der Waals surface area contributed by atoms with Crippen LogP contribution in [0.5, 0.6) is 0 Å². The van der Waals surface area contributed by atoms with Crippen LogP contribution in [0.25, 0.3) is 0 Å². The predicted molar refractivity (Wildman–Crippen MR) is 49.9 cm³/mol. The van der Waals surface area contributed by atoms with Crippen molar-refractivity contribution >= 4 is 11.9 Å². The van der Waals surface area contributed by atoms with Crippen LogP contribution >= 0.6 is 0 Å². The average molecular weight is 220 g/mol. The second-order valence-corrected chi connectivity index (χ2v) is 3.19. The number of carbonyl (C=O) groups is 2. The normalized spacial score (nSPS) is 14.1. The van der Waals surface area contributed by atoms with Crippen molar-refractivity contribution in [3.05, 3.63) is 0 Å². The molecule has 0 radical (unpaired) electrons. The van der Waals surface area contributed by atoms with E-state index >= 15 is 0 Å². The van der Waals surface area contributed by atoms with Gasteiger partial charge in [-0.3, -0.25) is 9.59 Å². The smallest absolute Gasteiger partial charge is 0.308 e. The Kier molecular flexibility index (Phi) is 6.64. The maximum atomic E-state index is 10.9. The van der Waals surface area contributed by atoms with Gasteiger partial charge in [0.25, 0.3) is 0 Å². The van der Waals surface area contributed by atoms with E-state index in [4.69, 9.17) is 10.2 Å². The maximum Gasteiger partial charge on any atom is 0.308 e. The number of carbonyl (C=O) groups excluding carboxylic acids is 2. The Morgan fingerprint density at radius 2 is 1.73 bits per heavy atom. The summed E-state index contributed by atoms with van der Waals surface area (Å²) in [5.41, 5.74) is 0. The number of rotatable bonds is 6. The van der Waals surface area contributed by atoms with Crippen LogP contribution in [0.3, 0.4) is 0 Å². The zero-order valence-corrected chi connectivity index (χ0v) is 8.80. The first-order valence-corrected chi connectivity index (χ1v) is 4.57. The molecule has 0 aliphatic carbocycles. The first-order valence-electron chi connectivity index (χ1n) is 4.57. The van der Waals surface area contributed by atoms with Crippen molar-refractivity contribution in [2.24, 2.45) is 0 Å². The molecule has 0 aromatic rings. The number of hydrogen-bond donors (Lipinski definition) is 2. The zero-order valence-electron chi connectivity index (χ0n) is 8.80. The molecule has 0 aliphatic rings. The monoisotopic (exact) mass is 220 g/mol. The van der Waals surface area contributed by atoms with Crippen LogP contribution in [-0.2, 0) is 19.1 Å². The quantitative estimate of drug-likeness (QED) is 0.571. The van der Waals surface area contributed by atoms with Gasteiger partial charge in [0.2, 0.25) is 0 Å². The van der Waals surface area contributed by atoms with Gasteiger partial charge in [0, 0.05) is 6.92 Å². The van der Waals surface area contributed by atoms with Crippen molar-refractivity contribution in [1.29, 1.82) is 0 Å². The van der Waals surface area contributed by atoms with Gasteiger partial charge in [0.1, 0.15) is 19.3 Å². The van der Waals surface area contributed by atoms with Gasteiger partial charge in [-0.1, -0.05) is 0 Å². The van der Waals surface area contributed by atoms with Crippen LogP contribution in [0.4, 0.5) is 0 Å². The standard InChI is InChI=1S/C9H16O6/c1-6(10)3-9(13)15-5-8(12)4-14-7(2)11/h6,8,10,12H,3-5H2,1-2H3/t6-,8?/m1/s1. The molecule has 0 aliphatic heterocycles. The largest absolute Gasteiger partial charge is 0.463 e. The van der Waals surface area contributed by atoms with Crippen LogP contribution in [0.15, 0.2) is 0 Å². The van der Waals surface area contributed by atoms with Crippen molar-refractivity contribution < 1.29 is 29.3 Å². The van der Waals surface area contributed by atoms with E-state index in [1.165, 1.54) is 13.8 Å². The minimum Gasteiger partial charge on any atom is -0.463 e. The van der Waals surface area contributed by atoms with Crippen LogP contribution in [0, 0.1) is 0 Å². The summed E-state index contributed by atoms with van der Waals surface area (Å²) >= 11 is 0. The molecule has 0 aromatic carbocycles. The highest BCUT2D eigenvalue weighted by Crippen LogP contribution is 1.95. The van der Waals surface area contributed by atoms with Gasteiger partial charge in [-0.25, -0.2) is 0 Å². The zero-order chi connectivity index (χ0) is 11.8. The fourth-order valence-corrected chi connectivity index (χ4v) is 0.751. The third-order valence-corrected chi connectivity index (χ3v) is 1.38. The average Bonchev–Trinajstić information content (AvgIpc) is 2.10. The van der Waals surface area contributed by atoms with Gasteiger partial charge >= 0.3 is 11.9 Å². The van der Waals surface area contributed by atoms with Gasteiger partial charge in [-0.15, -0.1) is 0 Å². The van der Waals surface area contributed by atoms with E-state index in [0.29, 0.717) is 0 Å². The molecule has 0 amide bonds. The highest BCUT2D eigenvalue weighted by molar-refractivity contribution is 5.69. The summed E-state index contributed by atoms with van der Waals surface area (Å²) in [5, 5.41) is 18.0. The third-order valence-electron chi connectivity index (χ3n) is 1.38. The van der Waals surface area contributed by atoms with E-state index in [0.717, 1.165) is 0 Å². The van der Waals surface area contributed by atoms with Gasteiger partial charge in [-0.2, -0.15) is 0 Å². The summed E-state index contributed by atoms with van der Waals surface area (Å²) in [6, 6.07) is 0. The molecular weight excluding hydrogens is 204 g/mol. The minimum atomic E-state index is -1.04. The van der Waals surface area contributed by atoms with E-state index in [1.54, 1.807) is 0 Å². The highest BCUT2D eigenvalue weighted by Gasteiger charge is 2.11. The van der Waals surface area contributed by atoms with Crippen molar-refractivity contribution in [3.8, 4) is 0 Å². The lowest BCUT2D eigenvalue weighted by atomic mass is 10.3. The second-order valence-electron chi connectivity index (χ2n) is 3.19. The summed E-state index contributed by atoms with van der Waals surface area (Å²) in [5.74, 6) is -1.11. The van der Waals surface area contributed by atoms with E-state index in [2.05, 4.69) is 9.47 Å². The molecular formula is C9H16O6. The fourth-order valence-electron chi connectivity index (χ4n) is 0.751. The first kappa shape index (κ1) is 13.9. The van der Waals surface area contributed by atoms with E-state index < -0.39 is 24.1 Å². The number of hydrogen-bond acceptors (Lipinski definition) is 6. The van der Waals surface area contributed by atoms with Crippen LogP contribution in [-0.4, -0.2) is 47.6 Å². The highest BCUT2D eigenvalue weighted by atomic mass is 16.6. The number of ether oxygens (including phenoxy) is 2. The Hall–Kier alpha value is -1.14. The van der Waals surface area contributed by atoms with E-state index in [-0.39, 0.29) is 19.6 Å². The first-order chi connectivity index (χ1) is 6.91. The summed E-state index contributed by atoms with van der Waals surface area (Å²) in [6.07, 6.45) is -1.93. The summed E-state index contributed by atoms with van der Waals surface area (Å²) in [4.78, 5) is 21.3. The molecule has 2 N–H and O–H groups in total. The molecule has 0 fully saturated rings. The Balaban J connectivity index is 3.57. The Morgan fingerprint density at radius 1 is 1.20 bits per heavy atom. The van der Waals surface area contributed by atoms with Crippen molar-refractivity contribution in [3.63, 3.8) is 0 Å². The lowest BCUT2D eigenvalue weighted by Crippen LogP contribution is -2.25. The van der Waals surface area contributed by atoms with Gasteiger partial charge in [-0.05, 0) is 6.92 Å². The van der Waals surface area contributed by atoms with Crippen molar-refractivity contribution in [1.82, 2.24) is 0 Å². The maximum absolute atomic E-state index is 10.9. The van der Waals surface area contributed by atoms with Crippen molar-refractivity contribution in [2.45, 2.75) is 32.5 Å². The molecule has 6 heteroatoms. The Labute approximate surface area is 87.8 Å². The molecule has 0 bridgehead atoms. The van der Waals surface area contributed by atoms with Crippen LogP contribution in [0.2, 0.25) is 0 Å². The van der Waals surface area contributed by atoms with Crippen LogP contribution < -0.4 is 0 Å². The van der Waals surface area contributed by atoms with Gasteiger partial charge in [0.15, 0.2) is 0 Å². The van der Waals surface area contributed by atoms with E-state index in [1.807, 2.05) is 0 Å². The summed E-state index contributed by atoms with van der Waals surface area (Å²) in [7, 11) is 0. The molecule has 15 heavy (non-hydrogen) atoms. The molecule has 0 heterocycles. The second kappa shape index (κ2) is 7.19. The fraction of sp³-hybridized carbons (Fsp3) is 0.778. The molecule has 6 nitrogen and oxygen atoms in total. The molecule has 0 saturated carbocycles. The molecule has 2 atom stereocenters. The van der Waals surface area contributed by atoms with Gasteiger partial charge < -0.3 is 19.7 Å².